The Balaban J connectivity index is 1.52. The van der Waals surface area contributed by atoms with Gasteiger partial charge in [0.2, 0.25) is 0 Å². The molecule has 2 fully saturated rings. The van der Waals surface area contributed by atoms with Crippen molar-refractivity contribution < 1.29 is 22.7 Å². The van der Waals surface area contributed by atoms with Crippen LogP contribution in [0.15, 0.2) is 18.2 Å². The summed E-state index contributed by atoms with van der Waals surface area (Å²) in [5, 5.41) is 9.96. The average Bonchev–Trinajstić information content (AvgIpc) is 3.03. The summed E-state index contributed by atoms with van der Waals surface area (Å²) in [7, 11) is 2.11. The molecule has 26 heavy (non-hydrogen) atoms. The molecule has 0 spiro atoms. The monoisotopic (exact) mass is 368 g/mol. The minimum absolute atomic E-state index is 0.0533. The second kappa shape index (κ2) is 6.15. The molecule has 9 heteroatoms. The number of hydrogen-bond donors (Lipinski definition) is 2. The van der Waals surface area contributed by atoms with Crippen LogP contribution in [0.2, 0.25) is 0 Å². The smallest absolute Gasteiger partial charge is 0.406 e. The molecule has 0 radical (unpaired) electrons. The molecule has 3 atom stereocenters. The number of H-pyrrole nitrogens is 1. The molecule has 2 bridgehead atoms. The van der Waals surface area contributed by atoms with Gasteiger partial charge in [-0.15, -0.1) is 13.2 Å². The molecule has 2 aliphatic rings. The zero-order valence-electron chi connectivity index (χ0n) is 14.1. The van der Waals surface area contributed by atoms with E-state index in [4.69, 9.17) is 0 Å². The Morgan fingerprint density at radius 2 is 2.00 bits per heavy atom. The lowest BCUT2D eigenvalue weighted by Gasteiger charge is -2.36. The number of halogens is 3. The fourth-order valence-electron chi connectivity index (χ4n) is 4.15. The van der Waals surface area contributed by atoms with Crippen LogP contribution in [0.1, 0.15) is 36.2 Å². The summed E-state index contributed by atoms with van der Waals surface area (Å²) in [4.78, 5) is 15.0. The van der Waals surface area contributed by atoms with E-state index in [1.165, 1.54) is 18.2 Å². The van der Waals surface area contributed by atoms with Crippen molar-refractivity contribution in [3.05, 3.63) is 23.9 Å². The van der Waals surface area contributed by atoms with Gasteiger partial charge < -0.3 is 15.0 Å². The van der Waals surface area contributed by atoms with Gasteiger partial charge in [-0.05, 0) is 50.9 Å². The highest BCUT2D eigenvalue weighted by Gasteiger charge is 2.39. The standard InChI is InChI=1S/C17H19F3N4O2/c1-24-10-2-3-11(24)7-9(6-10)21-16(25)15-13-8-12(26-17(18,19)20)4-5-14(13)22-23-15/h4-5,8-11H,2-3,6-7H2,1H3,(H,21,25)(H,22,23)/t9-,10-,11+. The first-order chi connectivity index (χ1) is 12.3. The molecule has 1 amide bonds. The predicted molar refractivity (Wildman–Crippen MR) is 87.8 cm³/mol. The number of alkyl halides is 3. The zero-order valence-corrected chi connectivity index (χ0v) is 14.1. The molecule has 1 aromatic heterocycles. The number of nitrogens with zero attached hydrogens (tertiary/aromatic N) is 2. The number of ether oxygens (including phenoxy) is 1. The van der Waals surface area contributed by atoms with Crippen molar-refractivity contribution in [2.45, 2.75) is 50.2 Å². The van der Waals surface area contributed by atoms with E-state index in [1.807, 2.05) is 0 Å². The lowest BCUT2D eigenvalue weighted by molar-refractivity contribution is -0.274. The van der Waals surface area contributed by atoms with Crippen LogP contribution in [0.25, 0.3) is 10.9 Å². The third-order valence-electron chi connectivity index (χ3n) is 5.42. The number of aromatic amines is 1. The third-order valence-corrected chi connectivity index (χ3v) is 5.42. The molecule has 2 aromatic rings. The van der Waals surface area contributed by atoms with Crippen LogP contribution >= 0.6 is 0 Å². The maximum Gasteiger partial charge on any atom is 0.573 e. The molecule has 3 heterocycles. The Hall–Kier alpha value is -2.29. The summed E-state index contributed by atoms with van der Waals surface area (Å²) in [5.41, 5.74) is 0.562. The van der Waals surface area contributed by atoms with Crippen molar-refractivity contribution in [3.8, 4) is 5.75 Å². The van der Waals surface area contributed by atoms with Gasteiger partial charge in [0.05, 0.1) is 5.52 Å². The topological polar surface area (TPSA) is 70.2 Å². The quantitative estimate of drug-likeness (QED) is 0.874. The van der Waals surface area contributed by atoms with E-state index in [9.17, 15) is 18.0 Å². The highest BCUT2D eigenvalue weighted by atomic mass is 19.4. The summed E-state index contributed by atoms with van der Waals surface area (Å²) in [5.74, 6) is -0.757. The minimum atomic E-state index is -4.78. The Bertz CT molecular complexity index is 821. The number of rotatable bonds is 3. The summed E-state index contributed by atoms with van der Waals surface area (Å²) in [6, 6.07) is 4.78. The van der Waals surface area contributed by atoms with Crippen molar-refractivity contribution in [1.29, 1.82) is 0 Å². The van der Waals surface area contributed by atoms with Crippen molar-refractivity contribution in [3.63, 3.8) is 0 Å². The first-order valence-corrected chi connectivity index (χ1v) is 8.57. The molecular formula is C17H19F3N4O2. The average molecular weight is 368 g/mol. The van der Waals surface area contributed by atoms with Gasteiger partial charge in [0.1, 0.15) is 5.75 Å². The maximum absolute atomic E-state index is 12.6. The lowest BCUT2D eigenvalue weighted by Crippen LogP contribution is -2.48. The lowest BCUT2D eigenvalue weighted by atomic mass is 9.98. The molecule has 2 aliphatic heterocycles. The number of fused-ring (bicyclic) bond motifs is 3. The SMILES string of the molecule is CN1[C@@H]2CC[C@H]1C[C@H](NC(=O)c1n[nH]c3ccc(OC(F)(F)F)cc13)C2. The van der Waals surface area contributed by atoms with Crippen LogP contribution < -0.4 is 10.1 Å². The fourth-order valence-corrected chi connectivity index (χ4v) is 4.15. The number of amides is 1. The first kappa shape index (κ1) is 17.1. The van der Waals surface area contributed by atoms with Gasteiger partial charge >= 0.3 is 6.36 Å². The van der Waals surface area contributed by atoms with Crippen LogP contribution in [-0.4, -0.2) is 52.5 Å². The van der Waals surface area contributed by atoms with Gasteiger partial charge in [-0.1, -0.05) is 0 Å². The van der Waals surface area contributed by atoms with E-state index in [0.29, 0.717) is 23.0 Å². The van der Waals surface area contributed by atoms with Gasteiger partial charge in [0.15, 0.2) is 5.69 Å². The van der Waals surface area contributed by atoms with E-state index in [-0.39, 0.29) is 23.4 Å². The molecular weight excluding hydrogens is 349 g/mol. The van der Waals surface area contributed by atoms with Crippen molar-refractivity contribution >= 4 is 16.8 Å². The number of benzene rings is 1. The van der Waals surface area contributed by atoms with E-state index in [0.717, 1.165) is 25.7 Å². The molecule has 4 rings (SSSR count). The zero-order chi connectivity index (χ0) is 18.5. The van der Waals surface area contributed by atoms with Crippen LogP contribution in [-0.2, 0) is 0 Å². The van der Waals surface area contributed by atoms with Crippen molar-refractivity contribution in [1.82, 2.24) is 20.4 Å². The molecule has 0 saturated carbocycles. The third kappa shape index (κ3) is 3.23. The molecule has 140 valence electrons. The van der Waals surface area contributed by atoms with Gasteiger partial charge in [-0.2, -0.15) is 5.10 Å². The molecule has 1 aromatic carbocycles. The van der Waals surface area contributed by atoms with Crippen LogP contribution in [0.3, 0.4) is 0 Å². The van der Waals surface area contributed by atoms with Crippen LogP contribution in [0, 0.1) is 0 Å². The Labute approximate surface area is 147 Å². The van der Waals surface area contributed by atoms with E-state index < -0.39 is 6.36 Å². The summed E-state index contributed by atoms with van der Waals surface area (Å²) in [6.07, 6.45) is -0.756. The number of carbonyl (C=O) groups excluding carboxylic acids is 1. The Kier molecular flexibility index (Phi) is 4.06. The number of hydrogen-bond acceptors (Lipinski definition) is 4. The number of piperidine rings is 1. The van der Waals surface area contributed by atoms with Gasteiger partial charge in [-0.3, -0.25) is 9.89 Å². The Morgan fingerprint density at radius 3 is 2.65 bits per heavy atom. The maximum atomic E-state index is 12.6. The van der Waals surface area contributed by atoms with Gasteiger partial charge in [0, 0.05) is 23.5 Å². The summed E-state index contributed by atoms with van der Waals surface area (Å²) < 4.78 is 41.2. The molecule has 0 unspecified atom stereocenters. The van der Waals surface area contributed by atoms with E-state index in [2.05, 4.69) is 32.2 Å². The van der Waals surface area contributed by atoms with Gasteiger partial charge in [0.25, 0.3) is 5.91 Å². The predicted octanol–water partition coefficient (Wildman–Crippen LogP) is 2.82. The molecule has 2 N–H and O–H groups in total. The largest absolute Gasteiger partial charge is 0.573 e. The summed E-state index contributed by atoms with van der Waals surface area (Å²) >= 11 is 0. The van der Waals surface area contributed by atoms with Crippen molar-refractivity contribution in [2.75, 3.05) is 7.05 Å². The highest BCUT2D eigenvalue weighted by molar-refractivity contribution is 6.05. The second-order valence-electron chi connectivity index (χ2n) is 7.02. The normalized spacial score (nSPS) is 26.2. The van der Waals surface area contributed by atoms with Crippen LogP contribution in [0.4, 0.5) is 13.2 Å². The van der Waals surface area contributed by atoms with Gasteiger partial charge in [-0.25, -0.2) is 0 Å². The molecule has 0 aliphatic carbocycles. The van der Waals surface area contributed by atoms with E-state index in [1.54, 1.807) is 0 Å². The minimum Gasteiger partial charge on any atom is -0.406 e. The second-order valence-corrected chi connectivity index (χ2v) is 7.02. The van der Waals surface area contributed by atoms with Crippen LogP contribution in [0.5, 0.6) is 5.75 Å². The number of aromatic nitrogens is 2. The summed E-state index contributed by atoms with van der Waals surface area (Å²) in [6.45, 7) is 0. The van der Waals surface area contributed by atoms with E-state index >= 15 is 0 Å². The number of nitrogens with one attached hydrogen (secondary N) is 2. The highest BCUT2D eigenvalue weighted by Crippen LogP contribution is 2.34. The Morgan fingerprint density at radius 1 is 1.31 bits per heavy atom. The first-order valence-electron chi connectivity index (χ1n) is 8.57. The number of carbonyl (C=O) groups is 1. The van der Waals surface area contributed by atoms with Crippen molar-refractivity contribution in [2.24, 2.45) is 0 Å². The fraction of sp³-hybridized carbons (Fsp3) is 0.529. The molecule has 6 nitrogen and oxygen atoms in total. The molecule has 2 saturated heterocycles.